The summed E-state index contributed by atoms with van der Waals surface area (Å²) >= 11 is 3.43. The van der Waals surface area contributed by atoms with Crippen LogP contribution in [0.1, 0.15) is 16.2 Å². The normalized spacial score (nSPS) is 10.7. The number of benzene rings is 3. The first-order chi connectivity index (χ1) is 15.0. The fraction of sp³-hybridized carbons (Fsp3) is 0.0870. The number of aromatic nitrogens is 2. The summed E-state index contributed by atoms with van der Waals surface area (Å²) in [6, 6.07) is 18.8. The molecule has 3 aromatic carbocycles. The molecule has 2 N–H and O–H groups in total. The summed E-state index contributed by atoms with van der Waals surface area (Å²) in [6.45, 7) is 0.248. The molecule has 1 aromatic heterocycles. The molecule has 0 aliphatic rings. The fourth-order valence-corrected chi connectivity index (χ4v) is 3.49. The number of carbonyl (C=O) groups is 1. The molecular formula is C23H18BrFN4O2. The van der Waals surface area contributed by atoms with Crippen molar-refractivity contribution in [1.82, 2.24) is 15.3 Å². The van der Waals surface area contributed by atoms with E-state index >= 15 is 0 Å². The highest BCUT2D eigenvalue weighted by atomic mass is 79.9. The number of halogens is 2. The number of hydrogen-bond acceptors (Lipinski definition) is 5. The van der Waals surface area contributed by atoms with E-state index in [-0.39, 0.29) is 18.2 Å². The second-order valence-electron chi connectivity index (χ2n) is 6.68. The molecule has 0 radical (unpaired) electrons. The molecule has 0 spiro atoms. The Labute approximate surface area is 186 Å². The molecule has 4 aromatic rings. The van der Waals surface area contributed by atoms with Crippen LogP contribution in [-0.4, -0.2) is 23.0 Å². The third-order valence-corrected chi connectivity index (χ3v) is 5.09. The van der Waals surface area contributed by atoms with Gasteiger partial charge in [-0.2, -0.15) is 0 Å². The van der Waals surface area contributed by atoms with E-state index in [0.717, 1.165) is 15.4 Å². The molecule has 0 bridgehead atoms. The summed E-state index contributed by atoms with van der Waals surface area (Å²) in [5, 5.41) is 6.73. The van der Waals surface area contributed by atoms with E-state index in [4.69, 9.17) is 4.74 Å². The second kappa shape index (κ2) is 9.09. The smallest absolute Gasteiger partial charge is 0.289 e. The average molecular weight is 481 g/mol. The maximum Gasteiger partial charge on any atom is 0.289 e. The summed E-state index contributed by atoms with van der Waals surface area (Å²) < 4.78 is 19.5. The van der Waals surface area contributed by atoms with Gasteiger partial charge in [0.25, 0.3) is 5.91 Å². The number of nitrogens with one attached hydrogen (secondary N) is 2. The van der Waals surface area contributed by atoms with Crippen LogP contribution in [0.2, 0.25) is 0 Å². The molecule has 4 rings (SSSR count). The monoisotopic (exact) mass is 480 g/mol. The maximum absolute atomic E-state index is 13.2. The SMILES string of the molecule is COc1ccc(Br)cc1CNC(=O)c1nc(Nc2ccc(F)cc2)c2ccccc2n1. The molecule has 0 aliphatic carbocycles. The minimum Gasteiger partial charge on any atom is -0.496 e. The van der Waals surface area contributed by atoms with Gasteiger partial charge in [-0.05, 0) is 54.6 Å². The number of anilines is 2. The third kappa shape index (κ3) is 4.80. The van der Waals surface area contributed by atoms with E-state index in [9.17, 15) is 9.18 Å². The molecule has 0 saturated heterocycles. The van der Waals surface area contributed by atoms with Crippen molar-refractivity contribution < 1.29 is 13.9 Å². The van der Waals surface area contributed by atoms with E-state index in [1.165, 1.54) is 12.1 Å². The summed E-state index contributed by atoms with van der Waals surface area (Å²) in [5.41, 5.74) is 2.08. The zero-order valence-corrected chi connectivity index (χ0v) is 18.1. The number of amides is 1. The molecule has 0 atom stereocenters. The highest BCUT2D eigenvalue weighted by molar-refractivity contribution is 9.10. The molecule has 6 nitrogen and oxygen atoms in total. The average Bonchev–Trinajstić information content (AvgIpc) is 2.79. The van der Waals surface area contributed by atoms with Crippen molar-refractivity contribution in [3.05, 3.63) is 88.4 Å². The minimum atomic E-state index is -0.421. The van der Waals surface area contributed by atoms with Crippen LogP contribution in [0.3, 0.4) is 0 Å². The number of nitrogens with zero attached hydrogens (tertiary/aromatic N) is 2. The van der Waals surface area contributed by atoms with Gasteiger partial charge in [0.2, 0.25) is 5.82 Å². The Morgan fingerprint density at radius 3 is 2.61 bits per heavy atom. The van der Waals surface area contributed by atoms with Crippen LogP contribution in [-0.2, 0) is 6.54 Å². The number of ether oxygens (including phenoxy) is 1. The van der Waals surface area contributed by atoms with Crippen LogP contribution in [0.15, 0.2) is 71.2 Å². The number of hydrogen-bond donors (Lipinski definition) is 2. The lowest BCUT2D eigenvalue weighted by atomic mass is 10.2. The lowest BCUT2D eigenvalue weighted by Gasteiger charge is -2.12. The molecule has 0 saturated carbocycles. The second-order valence-corrected chi connectivity index (χ2v) is 7.60. The third-order valence-electron chi connectivity index (χ3n) is 4.60. The molecule has 0 unspecified atom stereocenters. The minimum absolute atomic E-state index is 0.0253. The lowest BCUT2D eigenvalue weighted by molar-refractivity contribution is 0.0940. The maximum atomic E-state index is 13.2. The van der Waals surface area contributed by atoms with Crippen molar-refractivity contribution in [2.24, 2.45) is 0 Å². The van der Waals surface area contributed by atoms with Gasteiger partial charge in [0.05, 0.1) is 12.6 Å². The molecule has 0 fully saturated rings. The fourth-order valence-electron chi connectivity index (χ4n) is 3.08. The summed E-state index contributed by atoms with van der Waals surface area (Å²) in [7, 11) is 1.58. The predicted octanol–water partition coefficient (Wildman–Crippen LogP) is 5.21. The Morgan fingerprint density at radius 2 is 1.84 bits per heavy atom. The Kier molecular flexibility index (Phi) is 6.08. The Bertz CT molecular complexity index is 1250. The van der Waals surface area contributed by atoms with Crippen LogP contribution in [0.25, 0.3) is 10.9 Å². The van der Waals surface area contributed by atoms with Crippen molar-refractivity contribution in [1.29, 1.82) is 0 Å². The molecule has 8 heteroatoms. The lowest BCUT2D eigenvalue weighted by Crippen LogP contribution is -2.25. The highest BCUT2D eigenvalue weighted by Crippen LogP contribution is 2.25. The van der Waals surface area contributed by atoms with Crippen LogP contribution in [0.5, 0.6) is 5.75 Å². The van der Waals surface area contributed by atoms with Gasteiger partial charge in [-0.15, -0.1) is 0 Å². The number of fused-ring (bicyclic) bond motifs is 1. The van der Waals surface area contributed by atoms with Gasteiger partial charge in [-0.25, -0.2) is 14.4 Å². The standard InChI is InChI=1S/C23H18BrFN4O2/c1-31-20-11-6-15(24)12-14(20)13-26-23(30)22-28-19-5-3-2-4-18(19)21(29-22)27-17-9-7-16(25)8-10-17/h2-12H,13H2,1H3,(H,26,30)(H,27,28,29). The molecule has 0 aliphatic heterocycles. The largest absolute Gasteiger partial charge is 0.496 e. The van der Waals surface area contributed by atoms with Crippen molar-refractivity contribution in [3.63, 3.8) is 0 Å². The van der Waals surface area contributed by atoms with Gasteiger partial charge in [0.1, 0.15) is 17.4 Å². The Morgan fingerprint density at radius 1 is 1.06 bits per heavy atom. The van der Waals surface area contributed by atoms with Crippen molar-refractivity contribution in [2.75, 3.05) is 12.4 Å². The van der Waals surface area contributed by atoms with Gasteiger partial charge in [-0.3, -0.25) is 4.79 Å². The van der Waals surface area contributed by atoms with E-state index in [1.54, 1.807) is 25.3 Å². The molecule has 1 heterocycles. The van der Waals surface area contributed by atoms with E-state index in [2.05, 4.69) is 36.5 Å². The highest BCUT2D eigenvalue weighted by Gasteiger charge is 2.15. The number of rotatable bonds is 6. The molecular weight excluding hydrogens is 463 g/mol. The van der Waals surface area contributed by atoms with Crippen LogP contribution < -0.4 is 15.4 Å². The first-order valence-corrected chi connectivity index (χ1v) is 10.2. The molecule has 31 heavy (non-hydrogen) atoms. The van der Waals surface area contributed by atoms with Crippen LogP contribution >= 0.6 is 15.9 Å². The van der Waals surface area contributed by atoms with Crippen LogP contribution in [0, 0.1) is 5.82 Å². The predicted molar refractivity (Wildman–Crippen MR) is 121 cm³/mol. The van der Waals surface area contributed by atoms with Gasteiger partial charge in [0, 0.05) is 27.7 Å². The van der Waals surface area contributed by atoms with E-state index in [0.29, 0.717) is 22.8 Å². The van der Waals surface area contributed by atoms with Gasteiger partial charge in [-0.1, -0.05) is 28.1 Å². The molecule has 156 valence electrons. The van der Waals surface area contributed by atoms with Crippen LogP contribution in [0.4, 0.5) is 15.9 Å². The van der Waals surface area contributed by atoms with Crippen molar-refractivity contribution >= 4 is 44.2 Å². The topological polar surface area (TPSA) is 76.1 Å². The number of methoxy groups -OCH3 is 1. The zero-order chi connectivity index (χ0) is 21.8. The summed E-state index contributed by atoms with van der Waals surface area (Å²) in [5.74, 6) is 0.400. The van der Waals surface area contributed by atoms with Crippen molar-refractivity contribution in [3.8, 4) is 5.75 Å². The number of para-hydroxylation sites is 1. The first kappa shape index (κ1) is 20.7. The summed E-state index contributed by atoms with van der Waals surface area (Å²) in [4.78, 5) is 21.7. The zero-order valence-electron chi connectivity index (χ0n) is 16.5. The van der Waals surface area contributed by atoms with Gasteiger partial charge < -0.3 is 15.4 Å². The Hall–Kier alpha value is -3.52. The quantitative estimate of drug-likeness (QED) is 0.395. The van der Waals surface area contributed by atoms with Gasteiger partial charge in [0.15, 0.2) is 0 Å². The number of carbonyl (C=O) groups excluding carboxylic acids is 1. The molecule has 1 amide bonds. The van der Waals surface area contributed by atoms with Gasteiger partial charge >= 0.3 is 0 Å². The Balaban J connectivity index is 1.62. The van der Waals surface area contributed by atoms with Crippen molar-refractivity contribution in [2.45, 2.75) is 6.54 Å². The van der Waals surface area contributed by atoms with E-state index in [1.807, 2.05) is 36.4 Å². The van der Waals surface area contributed by atoms with E-state index < -0.39 is 5.91 Å². The summed E-state index contributed by atoms with van der Waals surface area (Å²) in [6.07, 6.45) is 0. The first-order valence-electron chi connectivity index (χ1n) is 9.43.